The Labute approximate surface area is 140 Å². The molecule has 0 aliphatic heterocycles. The van der Waals surface area contributed by atoms with Crippen LogP contribution in [0.2, 0.25) is 5.02 Å². The summed E-state index contributed by atoms with van der Waals surface area (Å²) in [7, 11) is 1.61. The molecule has 0 aliphatic rings. The molecule has 0 fully saturated rings. The fourth-order valence-electron chi connectivity index (χ4n) is 2.04. The third kappa shape index (κ3) is 4.53. The van der Waals surface area contributed by atoms with Gasteiger partial charge in [0, 0.05) is 36.7 Å². The zero-order valence-corrected chi connectivity index (χ0v) is 13.8. The highest BCUT2D eigenvalue weighted by atomic mass is 35.5. The Balaban J connectivity index is 1.93. The summed E-state index contributed by atoms with van der Waals surface area (Å²) in [4.78, 5) is 29.5. The lowest BCUT2D eigenvalue weighted by Crippen LogP contribution is -2.38. The molecule has 1 N–H and O–H groups in total. The second-order valence-electron chi connectivity index (χ2n) is 5.20. The molecule has 1 aromatic carbocycles. The average Bonchev–Trinajstić information content (AvgIpc) is 2.57. The van der Waals surface area contributed by atoms with E-state index >= 15 is 0 Å². The zero-order valence-electron chi connectivity index (χ0n) is 13.0. The summed E-state index contributed by atoms with van der Waals surface area (Å²) in [5, 5.41) is 3.15. The van der Waals surface area contributed by atoms with E-state index in [1.807, 2.05) is 12.1 Å². The lowest BCUT2D eigenvalue weighted by atomic mass is 10.2. The van der Waals surface area contributed by atoms with E-state index in [2.05, 4.69) is 10.3 Å². The summed E-state index contributed by atoms with van der Waals surface area (Å²) < 4.78 is 0. The number of hydrogen-bond donors (Lipinski definition) is 1. The summed E-state index contributed by atoms with van der Waals surface area (Å²) in [5.74, 6) is -1.26. The molecular weight excluding hydrogens is 314 g/mol. The highest BCUT2D eigenvalue weighted by Crippen LogP contribution is 2.22. The maximum Gasteiger partial charge on any atom is 0.313 e. The summed E-state index contributed by atoms with van der Waals surface area (Å²) in [6, 6.07) is 8.93. The number of anilines is 1. The first-order valence-corrected chi connectivity index (χ1v) is 7.57. The van der Waals surface area contributed by atoms with Gasteiger partial charge < -0.3 is 10.2 Å². The topological polar surface area (TPSA) is 62.3 Å². The van der Waals surface area contributed by atoms with E-state index in [9.17, 15) is 9.59 Å². The fourth-order valence-corrected chi connectivity index (χ4v) is 2.21. The van der Waals surface area contributed by atoms with Crippen LogP contribution in [0.1, 0.15) is 11.1 Å². The molecule has 0 saturated carbocycles. The Kier molecular flexibility index (Phi) is 5.71. The monoisotopic (exact) mass is 331 g/mol. The highest BCUT2D eigenvalue weighted by Gasteiger charge is 2.19. The maximum absolute atomic E-state index is 12.1. The predicted molar refractivity (Wildman–Crippen MR) is 90.4 cm³/mol. The first-order chi connectivity index (χ1) is 11.0. The number of nitrogens with one attached hydrogen (secondary N) is 1. The van der Waals surface area contributed by atoms with Gasteiger partial charge in [0.05, 0.1) is 0 Å². The number of likely N-dealkylation sites (N-methyl/N-ethyl adjacent to an activating group) is 1. The summed E-state index contributed by atoms with van der Waals surface area (Å²) in [6.45, 7) is 2.24. The van der Waals surface area contributed by atoms with Crippen molar-refractivity contribution in [1.29, 1.82) is 0 Å². The van der Waals surface area contributed by atoms with Crippen molar-refractivity contribution in [2.24, 2.45) is 0 Å². The predicted octanol–water partition coefficient (Wildman–Crippen LogP) is 2.68. The first-order valence-electron chi connectivity index (χ1n) is 7.19. The number of halogens is 1. The molecule has 0 saturated heterocycles. The number of carbonyl (C=O) groups is 2. The van der Waals surface area contributed by atoms with Crippen LogP contribution >= 0.6 is 11.6 Å². The molecular formula is C17H18ClN3O2. The number of benzene rings is 1. The van der Waals surface area contributed by atoms with Gasteiger partial charge in [-0.25, -0.2) is 0 Å². The Morgan fingerprint density at radius 1 is 1.22 bits per heavy atom. The summed E-state index contributed by atoms with van der Waals surface area (Å²) in [6.07, 6.45) is 4.06. The van der Waals surface area contributed by atoms with Gasteiger partial charge in [0.15, 0.2) is 0 Å². The van der Waals surface area contributed by atoms with Gasteiger partial charge in [-0.1, -0.05) is 17.7 Å². The number of amides is 2. The van der Waals surface area contributed by atoms with Crippen LogP contribution < -0.4 is 5.32 Å². The minimum atomic E-state index is -0.674. The number of rotatable bonds is 4. The van der Waals surface area contributed by atoms with Crippen LogP contribution in [-0.4, -0.2) is 35.3 Å². The van der Waals surface area contributed by atoms with E-state index in [0.29, 0.717) is 23.7 Å². The minimum Gasteiger partial charge on any atom is -0.337 e. The first kappa shape index (κ1) is 17.0. The molecule has 6 heteroatoms. The van der Waals surface area contributed by atoms with E-state index in [1.165, 1.54) is 4.90 Å². The van der Waals surface area contributed by atoms with Gasteiger partial charge in [0.2, 0.25) is 0 Å². The summed E-state index contributed by atoms with van der Waals surface area (Å²) in [5.41, 5.74) is 2.33. The quantitative estimate of drug-likeness (QED) is 0.876. The van der Waals surface area contributed by atoms with Crippen molar-refractivity contribution < 1.29 is 9.59 Å². The SMILES string of the molecule is Cc1c(Cl)cccc1NC(=O)C(=O)N(C)CCc1ccncc1. The molecule has 2 amide bonds. The number of carbonyl (C=O) groups excluding carboxylic acids is 2. The molecule has 2 rings (SSSR count). The number of hydrogen-bond acceptors (Lipinski definition) is 3. The molecule has 0 bridgehead atoms. The molecule has 1 aromatic heterocycles. The summed E-state index contributed by atoms with van der Waals surface area (Å²) >= 11 is 6.01. The lowest BCUT2D eigenvalue weighted by Gasteiger charge is -2.17. The van der Waals surface area contributed by atoms with Crippen molar-refractivity contribution in [2.75, 3.05) is 18.9 Å². The number of aromatic nitrogens is 1. The van der Waals surface area contributed by atoms with Crippen molar-refractivity contribution in [3.8, 4) is 0 Å². The van der Waals surface area contributed by atoms with Crippen molar-refractivity contribution in [3.63, 3.8) is 0 Å². The van der Waals surface area contributed by atoms with E-state index < -0.39 is 11.8 Å². The van der Waals surface area contributed by atoms with Crippen LogP contribution in [0, 0.1) is 6.92 Å². The van der Waals surface area contributed by atoms with Gasteiger partial charge in [-0.2, -0.15) is 0 Å². The fraction of sp³-hybridized carbons (Fsp3) is 0.235. The van der Waals surface area contributed by atoms with Crippen molar-refractivity contribution in [3.05, 3.63) is 58.9 Å². The molecule has 0 radical (unpaired) electrons. The second-order valence-corrected chi connectivity index (χ2v) is 5.61. The van der Waals surface area contributed by atoms with Gasteiger partial charge >= 0.3 is 11.8 Å². The van der Waals surface area contributed by atoms with Gasteiger partial charge in [0.25, 0.3) is 0 Å². The van der Waals surface area contributed by atoms with Crippen LogP contribution in [0.25, 0.3) is 0 Å². The van der Waals surface area contributed by atoms with Crippen molar-refractivity contribution in [1.82, 2.24) is 9.88 Å². The molecule has 0 spiro atoms. The van der Waals surface area contributed by atoms with Crippen LogP contribution in [0.3, 0.4) is 0 Å². The Morgan fingerprint density at radius 2 is 1.91 bits per heavy atom. The van der Waals surface area contributed by atoms with E-state index in [1.54, 1.807) is 44.6 Å². The molecule has 0 aliphatic carbocycles. The van der Waals surface area contributed by atoms with E-state index in [0.717, 1.165) is 11.1 Å². The molecule has 1 heterocycles. The smallest absolute Gasteiger partial charge is 0.313 e. The Morgan fingerprint density at radius 3 is 2.61 bits per heavy atom. The normalized spacial score (nSPS) is 10.2. The molecule has 120 valence electrons. The standard InChI is InChI=1S/C17H18ClN3O2/c1-12-14(18)4-3-5-15(12)20-16(22)17(23)21(2)11-8-13-6-9-19-10-7-13/h3-7,9-10H,8,11H2,1-2H3,(H,20,22). The number of pyridine rings is 1. The number of nitrogens with zero attached hydrogens (tertiary/aromatic N) is 2. The highest BCUT2D eigenvalue weighted by molar-refractivity contribution is 6.39. The third-order valence-corrected chi connectivity index (χ3v) is 3.95. The Hall–Kier alpha value is -2.40. The molecule has 2 aromatic rings. The maximum atomic E-state index is 12.1. The second kappa shape index (κ2) is 7.74. The molecule has 23 heavy (non-hydrogen) atoms. The van der Waals surface area contributed by atoms with Gasteiger partial charge in [-0.15, -0.1) is 0 Å². The lowest BCUT2D eigenvalue weighted by molar-refractivity contribution is -0.142. The van der Waals surface area contributed by atoms with Crippen molar-refractivity contribution in [2.45, 2.75) is 13.3 Å². The van der Waals surface area contributed by atoms with Gasteiger partial charge in [-0.05, 0) is 48.7 Å². The van der Waals surface area contributed by atoms with Crippen LogP contribution in [0.15, 0.2) is 42.7 Å². The average molecular weight is 332 g/mol. The Bertz CT molecular complexity index is 704. The van der Waals surface area contributed by atoms with E-state index in [4.69, 9.17) is 11.6 Å². The van der Waals surface area contributed by atoms with Crippen LogP contribution in [-0.2, 0) is 16.0 Å². The molecule has 0 atom stereocenters. The third-order valence-electron chi connectivity index (χ3n) is 3.54. The van der Waals surface area contributed by atoms with Crippen molar-refractivity contribution >= 4 is 29.1 Å². The van der Waals surface area contributed by atoms with Gasteiger partial charge in [-0.3, -0.25) is 14.6 Å². The molecule has 0 unspecified atom stereocenters. The van der Waals surface area contributed by atoms with Gasteiger partial charge in [0.1, 0.15) is 0 Å². The molecule has 5 nitrogen and oxygen atoms in total. The van der Waals surface area contributed by atoms with E-state index in [-0.39, 0.29) is 0 Å². The van der Waals surface area contributed by atoms with Crippen LogP contribution in [0.5, 0.6) is 0 Å². The largest absolute Gasteiger partial charge is 0.337 e. The minimum absolute atomic E-state index is 0.449. The van der Waals surface area contributed by atoms with Crippen LogP contribution in [0.4, 0.5) is 5.69 Å². The zero-order chi connectivity index (χ0) is 16.8.